The van der Waals surface area contributed by atoms with Gasteiger partial charge in [-0.3, -0.25) is 14.4 Å². The summed E-state index contributed by atoms with van der Waals surface area (Å²) in [5, 5.41) is 18.1. The summed E-state index contributed by atoms with van der Waals surface area (Å²) in [5.41, 5.74) is 4.70. The van der Waals surface area contributed by atoms with Gasteiger partial charge >= 0.3 is 12.0 Å². The van der Waals surface area contributed by atoms with Gasteiger partial charge in [0.15, 0.2) is 5.78 Å². The van der Waals surface area contributed by atoms with E-state index in [1.165, 1.54) is 6.07 Å². The fraction of sp³-hybridized carbons (Fsp3) is 0.185. The maximum absolute atomic E-state index is 12.9. The lowest BCUT2D eigenvalue weighted by Gasteiger charge is -2.11. The summed E-state index contributed by atoms with van der Waals surface area (Å²) in [6.07, 6.45) is 3.45. The van der Waals surface area contributed by atoms with Crippen molar-refractivity contribution in [3.05, 3.63) is 74.5 Å². The SMILES string of the molecule is O=C(O)CCc1c(C=C2C(=O)Nc3ccc(NC(=O)Nc4ccc(Cl)cc4Cl)cc32)[nH]c2c1C(=O)CCC2. The lowest BCUT2D eigenvalue weighted by Crippen LogP contribution is -2.19. The molecule has 0 saturated carbocycles. The van der Waals surface area contributed by atoms with Crippen LogP contribution in [0, 0.1) is 0 Å². The van der Waals surface area contributed by atoms with Crippen molar-refractivity contribution in [2.75, 3.05) is 16.0 Å². The van der Waals surface area contributed by atoms with E-state index in [1.807, 2.05) is 0 Å². The number of nitrogens with one attached hydrogen (secondary N) is 4. The predicted molar refractivity (Wildman–Crippen MR) is 146 cm³/mol. The molecule has 2 heterocycles. The van der Waals surface area contributed by atoms with Crippen molar-refractivity contribution in [3.63, 3.8) is 0 Å². The van der Waals surface area contributed by atoms with E-state index in [0.29, 0.717) is 69.3 Å². The standard InChI is InChI=1S/C27H22Cl2N4O5/c28-13-4-7-20(18(29)10-13)33-27(38)30-14-5-8-19-16(11-14)17(26(37)32-19)12-22-15(6-9-24(35)36)25-21(31-22)2-1-3-23(25)34/h4-5,7-8,10-12,31H,1-3,6,9H2,(H,32,37)(H,35,36)(H2,30,33,38). The molecule has 38 heavy (non-hydrogen) atoms. The lowest BCUT2D eigenvalue weighted by atomic mass is 9.91. The number of aryl methyl sites for hydroxylation is 1. The second-order valence-corrected chi connectivity index (χ2v) is 9.86. The zero-order valence-electron chi connectivity index (χ0n) is 19.9. The molecule has 0 radical (unpaired) electrons. The smallest absolute Gasteiger partial charge is 0.323 e. The Morgan fingerprint density at radius 2 is 1.87 bits per heavy atom. The normalized spacial score (nSPS) is 15.2. The number of halogens is 2. The van der Waals surface area contributed by atoms with Crippen LogP contribution in [0.1, 0.15) is 52.1 Å². The summed E-state index contributed by atoms with van der Waals surface area (Å²) in [7, 11) is 0. The molecular formula is C27H22Cl2N4O5. The Morgan fingerprint density at radius 3 is 2.63 bits per heavy atom. The first-order valence-corrected chi connectivity index (χ1v) is 12.6. The van der Waals surface area contributed by atoms with Gasteiger partial charge in [0, 0.05) is 51.8 Å². The van der Waals surface area contributed by atoms with Crippen LogP contribution < -0.4 is 16.0 Å². The lowest BCUT2D eigenvalue weighted by molar-refractivity contribution is -0.137. The van der Waals surface area contributed by atoms with Gasteiger partial charge in [0.2, 0.25) is 0 Å². The number of aliphatic carboxylic acids is 1. The maximum Gasteiger partial charge on any atom is 0.323 e. The van der Waals surface area contributed by atoms with Crippen LogP contribution in [0.5, 0.6) is 0 Å². The molecule has 0 saturated heterocycles. The van der Waals surface area contributed by atoms with Crippen LogP contribution in [0.15, 0.2) is 36.4 Å². The van der Waals surface area contributed by atoms with E-state index in [2.05, 4.69) is 20.9 Å². The molecule has 5 rings (SSSR count). The zero-order chi connectivity index (χ0) is 27.0. The second kappa shape index (κ2) is 10.4. The van der Waals surface area contributed by atoms with Crippen LogP contribution in [0.3, 0.4) is 0 Å². The number of aromatic nitrogens is 1. The Bertz CT molecular complexity index is 1540. The Balaban J connectivity index is 1.45. The Kier molecular flexibility index (Phi) is 6.96. The first-order chi connectivity index (χ1) is 18.2. The molecule has 0 atom stereocenters. The van der Waals surface area contributed by atoms with E-state index in [0.717, 1.165) is 5.69 Å². The average molecular weight is 553 g/mol. The van der Waals surface area contributed by atoms with Gasteiger partial charge in [0.1, 0.15) is 0 Å². The van der Waals surface area contributed by atoms with Crippen molar-refractivity contribution in [2.45, 2.75) is 32.1 Å². The average Bonchev–Trinajstić information content (AvgIpc) is 3.37. The number of hydrogen-bond acceptors (Lipinski definition) is 4. The highest BCUT2D eigenvalue weighted by atomic mass is 35.5. The monoisotopic (exact) mass is 552 g/mol. The number of aromatic amines is 1. The van der Waals surface area contributed by atoms with Crippen molar-refractivity contribution in [3.8, 4) is 0 Å². The van der Waals surface area contributed by atoms with Crippen LogP contribution in [-0.2, 0) is 22.4 Å². The molecule has 1 aliphatic carbocycles. The van der Waals surface area contributed by atoms with Gasteiger partial charge in [-0.1, -0.05) is 23.2 Å². The summed E-state index contributed by atoms with van der Waals surface area (Å²) < 4.78 is 0. The number of ketones is 1. The molecule has 1 aromatic heterocycles. The van der Waals surface area contributed by atoms with Crippen LogP contribution in [0.25, 0.3) is 11.6 Å². The van der Waals surface area contributed by atoms with Crippen LogP contribution >= 0.6 is 23.2 Å². The fourth-order valence-corrected chi connectivity index (χ4v) is 5.19. The molecule has 3 amide bonds. The van der Waals surface area contributed by atoms with Gasteiger partial charge < -0.3 is 26.0 Å². The second-order valence-electron chi connectivity index (χ2n) is 9.02. The number of carbonyl (C=O) groups excluding carboxylic acids is 3. The summed E-state index contributed by atoms with van der Waals surface area (Å²) >= 11 is 12.0. The van der Waals surface area contributed by atoms with E-state index in [-0.39, 0.29) is 29.6 Å². The quantitative estimate of drug-likeness (QED) is 0.239. The number of amides is 3. The minimum Gasteiger partial charge on any atom is -0.481 e. The first-order valence-electron chi connectivity index (χ1n) is 11.9. The Labute approximate surface area is 227 Å². The van der Waals surface area contributed by atoms with Gasteiger partial charge in [-0.05, 0) is 67.3 Å². The van der Waals surface area contributed by atoms with Gasteiger partial charge in [0.05, 0.1) is 16.3 Å². The number of anilines is 3. The number of benzene rings is 2. The highest BCUT2D eigenvalue weighted by Crippen LogP contribution is 2.37. The van der Waals surface area contributed by atoms with Crippen molar-refractivity contribution in [2.24, 2.45) is 0 Å². The molecule has 0 bridgehead atoms. The molecule has 0 fully saturated rings. The number of H-pyrrole nitrogens is 1. The van der Waals surface area contributed by atoms with Crippen molar-refractivity contribution < 1.29 is 24.3 Å². The molecule has 3 aromatic rings. The number of carbonyl (C=O) groups is 4. The van der Waals surface area contributed by atoms with Gasteiger partial charge in [0.25, 0.3) is 5.91 Å². The molecule has 194 valence electrons. The molecule has 0 unspecified atom stereocenters. The molecular weight excluding hydrogens is 531 g/mol. The number of urea groups is 1. The summed E-state index contributed by atoms with van der Waals surface area (Å²) in [4.78, 5) is 52.6. The minimum absolute atomic E-state index is 0.0258. The largest absolute Gasteiger partial charge is 0.481 e. The number of hydrogen-bond donors (Lipinski definition) is 5. The van der Waals surface area contributed by atoms with Crippen LogP contribution in [-0.4, -0.2) is 33.8 Å². The highest BCUT2D eigenvalue weighted by Gasteiger charge is 2.29. The van der Waals surface area contributed by atoms with Gasteiger partial charge in [-0.15, -0.1) is 0 Å². The number of rotatable bonds is 6. The minimum atomic E-state index is -0.973. The highest BCUT2D eigenvalue weighted by molar-refractivity contribution is 6.37. The summed E-state index contributed by atoms with van der Waals surface area (Å²) in [6, 6.07) is 9.14. The van der Waals surface area contributed by atoms with Crippen LogP contribution in [0.4, 0.5) is 21.9 Å². The van der Waals surface area contributed by atoms with Crippen molar-refractivity contribution in [1.29, 1.82) is 0 Å². The number of carboxylic acid groups (broad SMARTS) is 1. The predicted octanol–water partition coefficient (Wildman–Crippen LogP) is 5.99. The number of Topliss-reactive ketones (excluding diaryl/α,β-unsaturated/α-hetero) is 1. The van der Waals surface area contributed by atoms with Gasteiger partial charge in [-0.2, -0.15) is 0 Å². The zero-order valence-corrected chi connectivity index (χ0v) is 21.4. The summed E-state index contributed by atoms with van der Waals surface area (Å²) in [6.45, 7) is 0. The van der Waals surface area contributed by atoms with E-state index in [9.17, 15) is 24.3 Å². The van der Waals surface area contributed by atoms with Gasteiger partial charge in [-0.25, -0.2) is 4.79 Å². The molecule has 1 aliphatic heterocycles. The number of carboxylic acids is 1. The first kappa shape index (κ1) is 25.6. The Morgan fingerprint density at radius 1 is 1.05 bits per heavy atom. The molecule has 0 spiro atoms. The molecule has 5 N–H and O–H groups in total. The molecule has 11 heteroatoms. The fourth-order valence-electron chi connectivity index (χ4n) is 4.74. The third kappa shape index (κ3) is 5.16. The third-order valence-corrected chi connectivity index (χ3v) is 6.99. The number of fused-ring (bicyclic) bond motifs is 2. The van der Waals surface area contributed by atoms with E-state index in [4.69, 9.17) is 23.2 Å². The van der Waals surface area contributed by atoms with E-state index in [1.54, 1.807) is 36.4 Å². The topological polar surface area (TPSA) is 140 Å². The van der Waals surface area contributed by atoms with E-state index < -0.39 is 12.0 Å². The molecule has 2 aliphatic rings. The van der Waals surface area contributed by atoms with Crippen molar-refractivity contribution >= 4 is 75.6 Å². The molecule has 9 nitrogen and oxygen atoms in total. The molecule has 2 aromatic carbocycles. The van der Waals surface area contributed by atoms with E-state index >= 15 is 0 Å². The maximum atomic E-state index is 12.9. The summed E-state index contributed by atoms with van der Waals surface area (Å²) in [5.74, 6) is -1.35. The Hall–Kier alpha value is -4.08. The van der Waals surface area contributed by atoms with Crippen molar-refractivity contribution in [1.82, 2.24) is 4.98 Å². The third-order valence-electron chi connectivity index (χ3n) is 6.44. The van der Waals surface area contributed by atoms with Crippen LogP contribution in [0.2, 0.25) is 10.0 Å².